The van der Waals surface area contributed by atoms with E-state index >= 15 is 0 Å². The van der Waals surface area contributed by atoms with Crippen molar-refractivity contribution in [2.24, 2.45) is 0 Å². The van der Waals surface area contributed by atoms with E-state index in [1.54, 1.807) is 15.0 Å². The molecule has 0 spiro atoms. The summed E-state index contributed by atoms with van der Waals surface area (Å²) >= 11 is 2.04. The number of aromatic nitrogens is 4. The van der Waals surface area contributed by atoms with Crippen LogP contribution >= 0.6 is 0 Å². The molecule has 1 heterocycles. The topological polar surface area (TPSA) is 60.7 Å². The van der Waals surface area contributed by atoms with E-state index in [4.69, 9.17) is 0 Å². The number of nitrogens with zero attached hydrogens (tertiary/aromatic N) is 4. The number of hydrogen-bond acceptors (Lipinski definition) is 4. The molecule has 6 heteroatoms. The Bertz CT molecular complexity index is 752. The monoisotopic (exact) mass is 376 g/mol. The van der Waals surface area contributed by atoms with Crippen LogP contribution in [0.5, 0.6) is 0 Å². The molecule has 20 heavy (non-hydrogen) atoms. The molecule has 0 aliphatic carbocycles. The largest absolute Gasteiger partial charge is 0.627 e. The third-order valence-corrected chi connectivity index (χ3v) is 3.61. The highest BCUT2D eigenvalue weighted by Gasteiger charge is 2.09. The molecule has 1 aromatic heterocycles. The van der Waals surface area contributed by atoms with Gasteiger partial charge >= 0.3 is 0 Å². The second-order valence-corrected chi connectivity index (χ2v) is 5.06. The molecule has 0 saturated heterocycles. The Morgan fingerprint density at radius 1 is 1.00 bits per heavy atom. The van der Waals surface area contributed by atoms with E-state index in [1.165, 1.54) is 0 Å². The maximum absolute atomic E-state index is 10.7. The Balaban J connectivity index is 2.14. The van der Waals surface area contributed by atoms with Gasteiger partial charge in [0.05, 0.1) is 0 Å². The zero-order valence-electron chi connectivity index (χ0n) is 10.3. The van der Waals surface area contributed by atoms with Crippen molar-refractivity contribution in [2.45, 2.75) is 0 Å². The number of halogens is 1. The smallest absolute Gasteiger partial charge is 0.158 e. The quantitative estimate of drug-likeness (QED) is 0.441. The van der Waals surface area contributed by atoms with Crippen LogP contribution in [0.15, 0.2) is 48.5 Å². The van der Waals surface area contributed by atoms with Crippen LogP contribution in [-0.2, 0) is 0 Å². The number of aldehydes is 1. The normalized spacial score (nSPS) is 10.4. The van der Waals surface area contributed by atoms with Crippen LogP contribution in [0.2, 0.25) is 0 Å². The van der Waals surface area contributed by atoms with Gasteiger partial charge in [0.15, 0.2) is 5.82 Å². The predicted octanol–water partition coefficient (Wildman–Crippen LogP) is -0.864. The Hall–Kier alpha value is -2.09. The van der Waals surface area contributed by atoms with E-state index in [9.17, 15) is 4.79 Å². The lowest BCUT2D eigenvalue weighted by Gasteiger charge is -2.12. The summed E-state index contributed by atoms with van der Waals surface area (Å²) in [6, 6.07) is 15.3. The lowest BCUT2D eigenvalue weighted by Crippen LogP contribution is -3.38. The van der Waals surface area contributed by atoms with Crippen LogP contribution in [0.4, 0.5) is 0 Å². The second kappa shape index (κ2) is 5.49. The van der Waals surface area contributed by atoms with Crippen LogP contribution in [0.3, 0.4) is 0 Å². The first kappa shape index (κ1) is 12.9. The van der Waals surface area contributed by atoms with Gasteiger partial charge in [-0.25, -0.2) is 0 Å². The van der Waals surface area contributed by atoms with E-state index in [0.29, 0.717) is 11.4 Å². The van der Waals surface area contributed by atoms with Crippen molar-refractivity contribution in [3.63, 3.8) is 0 Å². The fraction of sp³-hybridized carbons (Fsp3) is 0. The average Bonchev–Trinajstić information content (AvgIpc) is 2.93. The average molecular weight is 376 g/mol. The highest BCUT2D eigenvalue weighted by molar-refractivity contribution is 5.82. The van der Waals surface area contributed by atoms with E-state index in [1.807, 2.05) is 59.3 Å². The zero-order valence-corrected chi connectivity index (χ0v) is 12.4. The summed E-state index contributed by atoms with van der Waals surface area (Å²) in [5.41, 5.74) is 3.65. The molecule has 99 valence electrons. The summed E-state index contributed by atoms with van der Waals surface area (Å²) < 4.78 is 1.61. The molecule has 5 nitrogen and oxygen atoms in total. The fourth-order valence-corrected chi connectivity index (χ4v) is 2.44. The van der Waals surface area contributed by atoms with Gasteiger partial charge in [0.25, 0.3) is 0 Å². The molecule has 0 atom stereocenters. The van der Waals surface area contributed by atoms with E-state index < -0.39 is 0 Å². The maximum Gasteiger partial charge on any atom is 0.158 e. The maximum atomic E-state index is 10.7. The lowest BCUT2D eigenvalue weighted by atomic mass is 9.98. The molecule has 0 aliphatic heterocycles. The van der Waals surface area contributed by atoms with Crippen molar-refractivity contribution in [1.82, 2.24) is 18.4 Å². The first-order valence-electron chi connectivity index (χ1n) is 5.89. The molecule has 0 aliphatic rings. The molecule has 0 bridgehead atoms. The summed E-state index contributed by atoms with van der Waals surface area (Å²) in [6.07, 6.45) is 0.834. The number of carbonyl (C=O) groups is 1. The molecule has 0 fully saturated rings. The summed E-state index contributed by atoms with van der Waals surface area (Å²) in [5.74, 6) is 0.695. The van der Waals surface area contributed by atoms with Crippen LogP contribution in [0.25, 0.3) is 22.5 Å². The summed E-state index contributed by atoms with van der Waals surface area (Å²) in [4.78, 5) is 10.7. The summed E-state index contributed by atoms with van der Waals surface area (Å²) in [6.45, 7) is 0. The van der Waals surface area contributed by atoms with Crippen molar-refractivity contribution in [3.05, 3.63) is 54.1 Å². The zero-order chi connectivity index (χ0) is 13.9. The van der Waals surface area contributed by atoms with Gasteiger partial charge < -0.3 is 25.8 Å². The third kappa shape index (κ3) is 2.34. The SMILES string of the molecule is O=Cc1ccc(-c2ccccc2-c2nnnn2[I-])cc1. The Morgan fingerprint density at radius 2 is 1.70 bits per heavy atom. The molecule has 0 unspecified atom stereocenters. The molecule has 0 N–H and O–H groups in total. The minimum absolute atomic E-state index is 0.657. The van der Waals surface area contributed by atoms with Gasteiger partial charge in [-0.05, 0) is 16.3 Å². The van der Waals surface area contributed by atoms with Crippen molar-refractivity contribution in [2.75, 3.05) is 0 Å². The number of tetrazole rings is 1. The van der Waals surface area contributed by atoms with Gasteiger partial charge in [-0.1, -0.05) is 53.7 Å². The molecule has 3 rings (SSSR count). The number of benzene rings is 2. The Morgan fingerprint density at radius 3 is 2.30 bits per heavy atom. The minimum atomic E-state index is 0.657. The minimum Gasteiger partial charge on any atom is -0.627 e. The lowest BCUT2D eigenvalue weighted by molar-refractivity contribution is -0.452. The molecule has 0 saturated carbocycles. The fourth-order valence-electron chi connectivity index (χ4n) is 2.00. The summed E-state index contributed by atoms with van der Waals surface area (Å²) in [7, 11) is 0. The number of rotatable bonds is 3. The van der Waals surface area contributed by atoms with Gasteiger partial charge in [0.2, 0.25) is 0 Å². The predicted molar refractivity (Wildman–Crippen MR) is 69.5 cm³/mol. The Labute approximate surface area is 129 Å². The molecular weight excluding hydrogens is 367 g/mol. The molecule has 0 amide bonds. The van der Waals surface area contributed by atoms with Crippen LogP contribution in [0, 0.1) is 0 Å². The van der Waals surface area contributed by atoms with Gasteiger partial charge in [-0.2, -0.15) is 0 Å². The summed E-state index contributed by atoms with van der Waals surface area (Å²) in [5, 5.41) is 11.6. The Kier molecular flexibility index (Phi) is 3.55. The van der Waals surface area contributed by atoms with E-state index in [2.05, 4.69) is 15.5 Å². The van der Waals surface area contributed by atoms with Crippen LogP contribution in [-0.4, -0.2) is 24.7 Å². The van der Waals surface area contributed by atoms with Gasteiger partial charge in [0.1, 0.15) is 6.29 Å². The molecule has 2 aromatic carbocycles. The van der Waals surface area contributed by atoms with Crippen LogP contribution < -0.4 is 22.9 Å². The van der Waals surface area contributed by atoms with Crippen molar-refractivity contribution in [1.29, 1.82) is 0 Å². The number of hydrogen-bond donors (Lipinski definition) is 0. The van der Waals surface area contributed by atoms with Gasteiger partial charge in [-0.3, -0.25) is 4.79 Å². The van der Waals surface area contributed by atoms with Gasteiger partial charge in [-0.15, -0.1) is 5.10 Å². The van der Waals surface area contributed by atoms with Crippen molar-refractivity contribution >= 4 is 6.29 Å². The van der Waals surface area contributed by atoms with Crippen molar-refractivity contribution in [3.8, 4) is 22.5 Å². The van der Waals surface area contributed by atoms with Gasteiger partial charge in [0, 0.05) is 11.1 Å². The molecule has 1 radical (unpaired) electrons. The number of carbonyl (C=O) groups excluding carboxylic acids is 1. The highest BCUT2D eigenvalue weighted by atomic mass is 127. The van der Waals surface area contributed by atoms with Crippen molar-refractivity contribution < 1.29 is 27.7 Å². The second-order valence-electron chi connectivity index (χ2n) is 4.15. The highest BCUT2D eigenvalue weighted by Crippen LogP contribution is 2.29. The third-order valence-electron chi connectivity index (χ3n) is 2.96. The van der Waals surface area contributed by atoms with Crippen LogP contribution in [0.1, 0.15) is 10.4 Å². The van der Waals surface area contributed by atoms with E-state index in [0.717, 1.165) is 23.0 Å². The van der Waals surface area contributed by atoms with E-state index in [-0.39, 0.29) is 0 Å². The molecular formula is C14H9IN4O-. The standard InChI is InChI=1S/C14H9IN4O/c15-19-14(16-17-18-19)13-4-2-1-3-12(13)11-7-5-10(9-20)6-8-11/h1-9H/q-1. The first-order valence-corrected chi connectivity index (χ1v) is 6.85. The first-order chi connectivity index (χ1) is 9.79. The molecule has 3 aromatic rings.